The van der Waals surface area contributed by atoms with Crippen molar-refractivity contribution in [3.8, 4) is 11.5 Å². The van der Waals surface area contributed by atoms with Gasteiger partial charge >= 0.3 is 0 Å². The molecule has 1 unspecified atom stereocenters. The van der Waals surface area contributed by atoms with Crippen LogP contribution in [0.4, 0.5) is 0 Å². The van der Waals surface area contributed by atoms with E-state index in [1.807, 2.05) is 54.3 Å². The molecule has 1 aliphatic heterocycles. The Labute approximate surface area is 169 Å². The minimum atomic E-state index is 0.0106. The van der Waals surface area contributed by atoms with Gasteiger partial charge in [0.1, 0.15) is 0 Å². The molecule has 0 saturated carbocycles. The Bertz CT molecular complexity index is 940. The molecule has 29 heavy (non-hydrogen) atoms. The second-order valence-corrected chi connectivity index (χ2v) is 7.21. The lowest BCUT2D eigenvalue weighted by Gasteiger charge is -2.32. The monoisotopic (exact) mass is 392 g/mol. The molecule has 2 aromatic heterocycles. The first-order chi connectivity index (χ1) is 14.2. The largest absolute Gasteiger partial charge is 0.376 e. The van der Waals surface area contributed by atoms with E-state index in [9.17, 15) is 4.79 Å². The number of aryl methyl sites for hydroxylation is 1. The van der Waals surface area contributed by atoms with Crippen molar-refractivity contribution in [1.82, 2.24) is 20.0 Å². The van der Waals surface area contributed by atoms with E-state index in [4.69, 9.17) is 9.26 Å². The predicted molar refractivity (Wildman–Crippen MR) is 107 cm³/mol. The average Bonchev–Trinajstić information content (AvgIpc) is 3.24. The first-order valence-electron chi connectivity index (χ1n) is 9.90. The highest BCUT2D eigenvalue weighted by molar-refractivity contribution is 5.94. The van der Waals surface area contributed by atoms with Crippen LogP contribution in [-0.4, -0.2) is 51.7 Å². The Balaban J connectivity index is 1.27. The lowest BCUT2D eigenvalue weighted by molar-refractivity contribution is 0.00250. The van der Waals surface area contributed by atoms with Crippen molar-refractivity contribution in [3.05, 3.63) is 65.7 Å². The number of likely N-dealkylation sites (tertiary alicyclic amines) is 1. The van der Waals surface area contributed by atoms with Crippen molar-refractivity contribution in [2.24, 2.45) is 0 Å². The van der Waals surface area contributed by atoms with E-state index in [2.05, 4.69) is 15.1 Å². The van der Waals surface area contributed by atoms with Crippen molar-refractivity contribution in [1.29, 1.82) is 0 Å². The summed E-state index contributed by atoms with van der Waals surface area (Å²) in [7, 11) is 0. The number of pyridine rings is 1. The zero-order valence-corrected chi connectivity index (χ0v) is 16.5. The van der Waals surface area contributed by atoms with Crippen molar-refractivity contribution >= 4 is 5.91 Å². The fourth-order valence-electron chi connectivity index (χ4n) is 3.41. The normalized spacial score (nSPS) is 16.7. The zero-order valence-electron chi connectivity index (χ0n) is 16.5. The lowest BCUT2D eigenvalue weighted by atomic mass is 10.1. The highest BCUT2D eigenvalue weighted by Crippen LogP contribution is 2.18. The zero-order chi connectivity index (χ0) is 20.1. The minimum absolute atomic E-state index is 0.0106. The second-order valence-electron chi connectivity index (χ2n) is 7.21. The molecule has 0 bridgehead atoms. The molecular formula is C22H24N4O3. The van der Waals surface area contributed by atoms with Gasteiger partial charge < -0.3 is 14.2 Å². The van der Waals surface area contributed by atoms with Crippen LogP contribution in [0.25, 0.3) is 11.5 Å². The van der Waals surface area contributed by atoms with Crippen LogP contribution in [0.15, 0.2) is 53.2 Å². The summed E-state index contributed by atoms with van der Waals surface area (Å²) in [5.74, 6) is 1.15. The van der Waals surface area contributed by atoms with E-state index in [1.54, 1.807) is 6.20 Å². The number of amides is 1. The standard InChI is InChI=1S/C22H24N4O3/c1-16-9-10-18(14-23-16)22(27)26-12-5-8-19(15-26)28-13-11-20-24-21(29-25-20)17-6-3-2-4-7-17/h2-4,6-7,9-10,14,19H,5,8,11-13,15H2,1H3. The number of carbonyl (C=O) groups excluding carboxylic acids is 1. The molecule has 0 aliphatic carbocycles. The van der Waals surface area contributed by atoms with Crippen LogP contribution in [-0.2, 0) is 11.2 Å². The average molecular weight is 392 g/mol. The van der Waals surface area contributed by atoms with Gasteiger partial charge in [0.05, 0.1) is 18.3 Å². The molecule has 1 fully saturated rings. The van der Waals surface area contributed by atoms with E-state index in [0.29, 0.717) is 36.9 Å². The molecular weight excluding hydrogens is 368 g/mol. The Kier molecular flexibility index (Phi) is 5.95. The third-order valence-electron chi connectivity index (χ3n) is 4.99. The molecule has 1 amide bonds. The van der Waals surface area contributed by atoms with Crippen molar-refractivity contribution in [2.75, 3.05) is 19.7 Å². The minimum Gasteiger partial charge on any atom is -0.376 e. The molecule has 3 heterocycles. The number of nitrogens with zero attached hydrogens (tertiary/aromatic N) is 4. The number of hydrogen-bond donors (Lipinski definition) is 0. The molecule has 7 nitrogen and oxygen atoms in total. The lowest BCUT2D eigenvalue weighted by Crippen LogP contribution is -2.43. The molecule has 1 saturated heterocycles. The quantitative estimate of drug-likeness (QED) is 0.640. The first kappa shape index (κ1) is 19.3. The van der Waals surface area contributed by atoms with Crippen LogP contribution in [0, 0.1) is 6.92 Å². The summed E-state index contributed by atoms with van der Waals surface area (Å²) in [6.07, 6.45) is 4.10. The van der Waals surface area contributed by atoms with Gasteiger partial charge in [0.25, 0.3) is 11.8 Å². The van der Waals surface area contributed by atoms with Gasteiger partial charge in [-0.2, -0.15) is 4.98 Å². The SMILES string of the molecule is Cc1ccc(C(=O)N2CCCC(OCCc3noc(-c4ccccc4)n3)C2)cn1. The van der Waals surface area contributed by atoms with Gasteiger partial charge in [0.2, 0.25) is 0 Å². The summed E-state index contributed by atoms with van der Waals surface area (Å²) in [6.45, 7) is 3.74. The summed E-state index contributed by atoms with van der Waals surface area (Å²) >= 11 is 0. The van der Waals surface area contributed by atoms with Crippen LogP contribution >= 0.6 is 0 Å². The first-order valence-corrected chi connectivity index (χ1v) is 9.90. The van der Waals surface area contributed by atoms with E-state index >= 15 is 0 Å². The number of piperidine rings is 1. The van der Waals surface area contributed by atoms with Gasteiger partial charge in [-0.15, -0.1) is 0 Å². The number of benzene rings is 1. The Hall–Kier alpha value is -3.06. The molecule has 1 aromatic carbocycles. The molecule has 0 radical (unpaired) electrons. The second kappa shape index (κ2) is 8.96. The van der Waals surface area contributed by atoms with Crippen LogP contribution < -0.4 is 0 Å². The van der Waals surface area contributed by atoms with E-state index in [-0.39, 0.29) is 12.0 Å². The van der Waals surface area contributed by atoms with Crippen LogP contribution in [0.3, 0.4) is 0 Å². The molecule has 3 aromatic rings. The maximum absolute atomic E-state index is 12.7. The maximum atomic E-state index is 12.7. The van der Waals surface area contributed by atoms with Gasteiger partial charge in [-0.3, -0.25) is 9.78 Å². The molecule has 7 heteroatoms. The highest BCUT2D eigenvalue weighted by atomic mass is 16.5. The van der Waals surface area contributed by atoms with Crippen LogP contribution in [0.1, 0.15) is 34.7 Å². The molecule has 0 spiro atoms. The van der Waals surface area contributed by atoms with Gasteiger partial charge in [-0.25, -0.2) is 0 Å². The Morgan fingerprint density at radius 2 is 2.10 bits per heavy atom. The van der Waals surface area contributed by atoms with Crippen LogP contribution in [0.2, 0.25) is 0 Å². The molecule has 4 rings (SSSR count). The summed E-state index contributed by atoms with van der Waals surface area (Å²) in [6, 6.07) is 13.4. The van der Waals surface area contributed by atoms with Crippen LogP contribution in [0.5, 0.6) is 0 Å². The van der Waals surface area contributed by atoms with E-state index in [1.165, 1.54) is 0 Å². The summed E-state index contributed by atoms with van der Waals surface area (Å²) in [5.41, 5.74) is 2.42. The van der Waals surface area contributed by atoms with Gasteiger partial charge in [0.15, 0.2) is 5.82 Å². The van der Waals surface area contributed by atoms with Gasteiger partial charge in [-0.1, -0.05) is 23.4 Å². The topological polar surface area (TPSA) is 81.4 Å². The molecule has 1 atom stereocenters. The highest BCUT2D eigenvalue weighted by Gasteiger charge is 2.25. The van der Waals surface area contributed by atoms with Crippen molar-refractivity contribution in [2.45, 2.75) is 32.3 Å². The van der Waals surface area contributed by atoms with E-state index in [0.717, 1.165) is 30.6 Å². The summed E-state index contributed by atoms with van der Waals surface area (Å²) < 4.78 is 11.3. The smallest absolute Gasteiger partial charge is 0.257 e. The Morgan fingerprint density at radius 3 is 2.90 bits per heavy atom. The third-order valence-corrected chi connectivity index (χ3v) is 4.99. The van der Waals surface area contributed by atoms with Crippen molar-refractivity contribution in [3.63, 3.8) is 0 Å². The third kappa shape index (κ3) is 4.86. The maximum Gasteiger partial charge on any atom is 0.257 e. The predicted octanol–water partition coefficient (Wildman–Crippen LogP) is 3.30. The number of carbonyl (C=O) groups is 1. The van der Waals surface area contributed by atoms with Gasteiger partial charge in [-0.05, 0) is 44.0 Å². The number of hydrogen-bond acceptors (Lipinski definition) is 6. The fraction of sp³-hybridized carbons (Fsp3) is 0.364. The van der Waals surface area contributed by atoms with E-state index < -0.39 is 0 Å². The summed E-state index contributed by atoms with van der Waals surface area (Å²) in [5, 5.41) is 4.03. The summed E-state index contributed by atoms with van der Waals surface area (Å²) in [4.78, 5) is 23.2. The molecule has 0 N–H and O–H groups in total. The van der Waals surface area contributed by atoms with Crippen molar-refractivity contribution < 1.29 is 14.1 Å². The molecule has 1 aliphatic rings. The number of ether oxygens (including phenoxy) is 1. The van der Waals surface area contributed by atoms with Gasteiger partial charge in [0, 0.05) is 37.0 Å². The Morgan fingerprint density at radius 1 is 1.24 bits per heavy atom. The number of rotatable bonds is 6. The number of aromatic nitrogens is 3. The fourth-order valence-corrected chi connectivity index (χ4v) is 3.41. The molecule has 150 valence electrons.